The van der Waals surface area contributed by atoms with E-state index in [0.29, 0.717) is 0 Å². The lowest BCUT2D eigenvalue weighted by Crippen LogP contribution is -2.67. The molecule has 0 saturated heterocycles. The molecule has 0 N–H and O–H groups in total. The van der Waals surface area contributed by atoms with Crippen LogP contribution < -0.4 is 10.4 Å². The second kappa shape index (κ2) is 8.46. The molecule has 0 aliphatic rings. The minimum Gasteiger partial charge on any atom is -0.398 e. The summed E-state index contributed by atoms with van der Waals surface area (Å²) in [5.74, 6) is 0. The number of hydrogen-bond acceptors (Lipinski definition) is 1. The van der Waals surface area contributed by atoms with Crippen molar-refractivity contribution >= 4 is 18.7 Å². The highest BCUT2D eigenvalue weighted by Crippen LogP contribution is 2.37. The number of benzene rings is 2. The van der Waals surface area contributed by atoms with Gasteiger partial charge in [-0.15, -0.1) is 0 Å². The summed E-state index contributed by atoms with van der Waals surface area (Å²) in [4.78, 5) is 0. The van der Waals surface area contributed by atoms with Crippen LogP contribution in [-0.4, -0.2) is 14.4 Å². The average Bonchev–Trinajstić information content (AvgIpc) is 2.60. The van der Waals surface area contributed by atoms with Gasteiger partial charge in [-0.25, -0.2) is 0 Å². The third-order valence-electron chi connectivity index (χ3n) is 4.49. The first-order chi connectivity index (χ1) is 12.0. The Morgan fingerprint density at radius 2 is 1.16 bits per heavy atom. The van der Waals surface area contributed by atoms with Crippen LogP contribution in [0.15, 0.2) is 85.0 Å². The molecule has 0 unspecified atom stereocenters. The molecule has 0 amide bonds. The molecule has 0 fully saturated rings. The van der Waals surface area contributed by atoms with Gasteiger partial charge in [-0.3, -0.25) is 0 Å². The molecule has 2 aromatic carbocycles. The maximum absolute atomic E-state index is 7.02. The zero-order chi connectivity index (χ0) is 18.3. The molecule has 2 heteroatoms. The predicted octanol–water partition coefficient (Wildman–Crippen LogP) is 5.08. The second-order valence-electron chi connectivity index (χ2n) is 7.30. The van der Waals surface area contributed by atoms with Crippen molar-refractivity contribution in [3.8, 4) is 0 Å². The van der Waals surface area contributed by atoms with Gasteiger partial charge in [-0.05, 0) is 29.3 Å². The van der Waals surface area contributed by atoms with E-state index in [2.05, 4.69) is 106 Å². The fraction of sp³-hybridized carbons (Fsp3) is 0.304. The minimum atomic E-state index is -2.49. The van der Waals surface area contributed by atoms with Crippen LogP contribution in [0.5, 0.6) is 0 Å². The quantitative estimate of drug-likeness (QED) is 0.521. The summed E-state index contributed by atoms with van der Waals surface area (Å²) in [5, 5.41) is 2.62. The van der Waals surface area contributed by atoms with Crippen LogP contribution in [0.1, 0.15) is 34.6 Å². The highest BCUT2D eigenvalue weighted by Gasteiger charge is 2.50. The van der Waals surface area contributed by atoms with Crippen LogP contribution in [0.4, 0.5) is 0 Å². The van der Waals surface area contributed by atoms with Crippen molar-refractivity contribution in [3.63, 3.8) is 0 Å². The van der Waals surface area contributed by atoms with Gasteiger partial charge in [0.1, 0.15) is 0 Å². The molecule has 0 saturated carbocycles. The topological polar surface area (TPSA) is 9.23 Å². The third-order valence-corrected chi connectivity index (χ3v) is 9.52. The summed E-state index contributed by atoms with van der Waals surface area (Å²) in [6.07, 6.45) is 8.39. The van der Waals surface area contributed by atoms with E-state index < -0.39 is 8.32 Å². The highest BCUT2D eigenvalue weighted by molar-refractivity contribution is 6.99. The Balaban J connectivity index is 2.72. The van der Waals surface area contributed by atoms with Gasteiger partial charge in [0.05, 0.1) is 6.10 Å². The standard InChI is InChI=1S/C23H30OSi/c1-6-14-20(15-7-2)24-25(23(3,4)5,21-16-10-8-11-17-21)22-18-12-9-13-19-22/h6-20H,1-5H3/b14-6+,15-7+. The lowest BCUT2D eigenvalue weighted by atomic mass is 10.2. The van der Waals surface area contributed by atoms with Crippen LogP contribution in [0.25, 0.3) is 0 Å². The van der Waals surface area contributed by atoms with Crippen LogP contribution in [0.3, 0.4) is 0 Å². The van der Waals surface area contributed by atoms with E-state index in [9.17, 15) is 0 Å². The van der Waals surface area contributed by atoms with Gasteiger partial charge in [0, 0.05) is 0 Å². The van der Waals surface area contributed by atoms with E-state index >= 15 is 0 Å². The molecule has 0 atom stereocenters. The van der Waals surface area contributed by atoms with Gasteiger partial charge >= 0.3 is 0 Å². The Bertz CT molecular complexity index is 644. The highest BCUT2D eigenvalue weighted by atomic mass is 28.4. The third kappa shape index (κ3) is 4.20. The SMILES string of the molecule is C/C=C/C(/C=C/C)O[Si](c1ccccc1)(c1ccccc1)C(C)(C)C. The molecule has 1 nitrogen and oxygen atoms in total. The first-order valence-electron chi connectivity index (χ1n) is 9.00. The largest absolute Gasteiger partial charge is 0.398 e. The van der Waals surface area contributed by atoms with Gasteiger partial charge in [0.15, 0.2) is 0 Å². The lowest BCUT2D eigenvalue weighted by molar-refractivity contribution is 0.277. The van der Waals surface area contributed by atoms with Crippen LogP contribution >= 0.6 is 0 Å². The van der Waals surface area contributed by atoms with Crippen molar-refractivity contribution in [2.75, 3.05) is 0 Å². The van der Waals surface area contributed by atoms with E-state index in [4.69, 9.17) is 4.43 Å². The predicted molar refractivity (Wildman–Crippen MR) is 112 cm³/mol. The van der Waals surface area contributed by atoms with Gasteiger partial charge < -0.3 is 4.43 Å². The Hall–Kier alpha value is -1.90. The molecular formula is C23H30OSi. The number of hydrogen-bond donors (Lipinski definition) is 0. The summed E-state index contributed by atoms with van der Waals surface area (Å²) >= 11 is 0. The molecule has 0 aliphatic heterocycles. The van der Waals surface area contributed by atoms with Crippen molar-refractivity contribution in [2.24, 2.45) is 0 Å². The fourth-order valence-corrected chi connectivity index (χ4v) is 8.00. The van der Waals surface area contributed by atoms with Crippen molar-refractivity contribution in [1.82, 2.24) is 0 Å². The number of allylic oxidation sites excluding steroid dienone is 2. The average molecular weight is 351 g/mol. The maximum atomic E-state index is 7.02. The molecule has 0 aromatic heterocycles. The van der Waals surface area contributed by atoms with Crippen LogP contribution in [0.2, 0.25) is 5.04 Å². The van der Waals surface area contributed by atoms with Gasteiger partial charge in [-0.1, -0.05) is 106 Å². The Labute approximate surface area is 154 Å². The Kier molecular flexibility index (Phi) is 6.57. The van der Waals surface area contributed by atoms with Gasteiger partial charge in [0.2, 0.25) is 0 Å². The minimum absolute atomic E-state index is 0.00286. The summed E-state index contributed by atoms with van der Waals surface area (Å²) in [5.41, 5.74) is 0. The maximum Gasteiger partial charge on any atom is 0.262 e. The molecule has 0 radical (unpaired) electrons. The van der Waals surface area contributed by atoms with E-state index in [-0.39, 0.29) is 11.1 Å². The summed E-state index contributed by atoms with van der Waals surface area (Å²) in [6, 6.07) is 21.5. The number of rotatable bonds is 6. The first kappa shape index (κ1) is 19.4. The fourth-order valence-electron chi connectivity index (χ4n) is 3.42. The van der Waals surface area contributed by atoms with E-state index in [1.54, 1.807) is 0 Å². The summed E-state index contributed by atoms with van der Waals surface area (Å²) < 4.78 is 7.02. The molecule has 0 bridgehead atoms. The summed E-state index contributed by atoms with van der Waals surface area (Å²) in [7, 11) is -2.49. The molecular weight excluding hydrogens is 320 g/mol. The van der Waals surface area contributed by atoms with Crippen molar-refractivity contribution in [2.45, 2.75) is 45.8 Å². The van der Waals surface area contributed by atoms with E-state index in [0.717, 1.165) is 0 Å². The molecule has 0 aliphatic carbocycles. The monoisotopic (exact) mass is 350 g/mol. The molecule has 25 heavy (non-hydrogen) atoms. The van der Waals surface area contributed by atoms with Crippen molar-refractivity contribution in [1.29, 1.82) is 0 Å². The normalized spacial score (nSPS) is 13.2. The van der Waals surface area contributed by atoms with Crippen LogP contribution in [0, 0.1) is 0 Å². The Morgan fingerprint density at radius 1 is 0.760 bits per heavy atom. The molecule has 0 spiro atoms. The molecule has 132 valence electrons. The summed E-state index contributed by atoms with van der Waals surface area (Å²) in [6.45, 7) is 11.0. The van der Waals surface area contributed by atoms with Gasteiger partial charge in [0.25, 0.3) is 8.32 Å². The van der Waals surface area contributed by atoms with Gasteiger partial charge in [-0.2, -0.15) is 0 Å². The lowest BCUT2D eigenvalue weighted by Gasteiger charge is -2.44. The second-order valence-corrected chi connectivity index (χ2v) is 11.6. The van der Waals surface area contributed by atoms with E-state index in [1.165, 1.54) is 10.4 Å². The molecule has 0 heterocycles. The molecule has 2 aromatic rings. The zero-order valence-corrected chi connectivity index (χ0v) is 17.1. The van der Waals surface area contributed by atoms with Crippen molar-refractivity contribution in [3.05, 3.63) is 85.0 Å². The zero-order valence-electron chi connectivity index (χ0n) is 16.1. The Morgan fingerprint density at radius 3 is 1.48 bits per heavy atom. The van der Waals surface area contributed by atoms with E-state index in [1.807, 2.05) is 13.8 Å². The smallest absolute Gasteiger partial charge is 0.262 e. The molecule has 2 rings (SSSR count). The first-order valence-corrected chi connectivity index (χ1v) is 10.9. The van der Waals surface area contributed by atoms with Crippen molar-refractivity contribution < 1.29 is 4.43 Å². The van der Waals surface area contributed by atoms with Crippen LogP contribution in [-0.2, 0) is 4.43 Å².